The molecule has 1 amide bonds. The van der Waals surface area contributed by atoms with Crippen molar-refractivity contribution in [3.05, 3.63) is 59.7 Å². The number of nitrogens with two attached hydrogens (primary N) is 1. The molecule has 2 atom stereocenters. The van der Waals surface area contributed by atoms with E-state index in [1.54, 1.807) is 7.11 Å². The predicted molar refractivity (Wildman–Crippen MR) is 88.9 cm³/mol. The molecular formula is C18H22N2O2. The van der Waals surface area contributed by atoms with Crippen molar-refractivity contribution in [1.82, 2.24) is 0 Å². The highest BCUT2D eigenvalue weighted by molar-refractivity contribution is 5.94. The van der Waals surface area contributed by atoms with Crippen molar-refractivity contribution in [2.45, 2.75) is 19.9 Å². The number of nitrogens with one attached hydrogen (secondary N) is 1. The molecule has 2 rings (SSSR count). The normalized spacial score (nSPS) is 13.3. The van der Waals surface area contributed by atoms with Gasteiger partial charge in [0.2, 0.25) is 5.91 Å². The van der Waals surface area contributed by atoms with Gasteiger partial charge in [0, 0.05) is 6.04 Å². The van der Waals surface area contributed by atoms with E-state index in [-0.39, 0.29) is 17.9 Å². The summed E-state index contributed by atoms with van der Waals surface area (Å²) in [6, 6.07) is 14.9. The summed E-state index contributed by atoms with van der Waals surface area (Å²) in [5.74, 6) is 0.160. The SMILES string of the molecule is COc1ccc(C)cc1NC(=O)C(C)C(N)c1ccccc1. The molecule has 22 heavy (non-hydrogen) atoms. The van der Waals surface area contributed by atoms with E-state index < -0.39 is 0 Å². The molecule has 4 heteroatoms. The molecule has 116 valence electrons. The summed E-state index contributed by atoms with van der Waals surface area (Å²) in [7, 11) is 1.58. The van der Waals surface area contributed by atoms with E-state index in [1.807, 2.05) is 62.4 Å². The predicted octanol–water partition coefficient (Wildman–Crippen LogP) is 3.28. The number of anilines is 1. The van der Waals surface area contributed by atoms with Crippen LogP contribution in [0.1, 0.15) is 24.1 Å². The Morgan fingerprint density at radius 2 is 1.86 bits per heavy atom. The molecule has 2 aromatic rings. The number of rotatable bonds is 5. The van der Waals surface area contributed by atoms with Gasteiger partial charge in [0.1, 0.15) is 5.75 Å². The maximum atomic E-state index is 12.5. The van der Waals surface area contributed by atoms with Crippen LogP contribution in [0.4, 0.5) is 5.69 Å². The van der Waals surface area contributed by atoms with Crippen LogP contribution in [0.15, 0.2) is 48.5 Å². The molecule has 2 unspecified atom stereocenters. The highest BCUT2D eigenvalue weighted by Crippen LogP contribution is 2.27. The monoisotopic (exact) mass is 298 g/mol. The summed E-state index contributed by atoms with van der Waals surface area (Å²) >= 11 is 0. The minimum atomic E-state index is -0.354. The van der Waals surface area contributed by atoms with Crippen molar-refractivity contribution in [2.24, 2.45) is 11.7 Å². The molecule has 0 spiro atoms. The topological polar surface area (TPSA) is 64.3 Å². The first-order valence-electron chi connectivity index (χ1n) is 7.29. The van der Waals surface area contributed by atoms with E-state index in [2.05, 4.69) is 5.32 Å². The molecule has 0 saturated heterocycles. The van der Waals surface area contributed by atoms with Crippen molar-refractivity contribution in [3.63, 3.8) is 0 Å². The van der Waals surface area contributed by atoms with Crippen molar-refractivity contribution in [2.75, 3.05) is 12.4 Å². The van der Waals surface area contributed by atoms with Gasteiger partial charge in [-0.05, 0) is 30.2 Å². The van der Waals surface area contributed by atoms with Crippen molar-refractivity contribution >= 4 is 11.6 Å². The molecule has 0 aliphatic carbocycles. The number of aryl methyl sites for hydroxylation is 1. The van der Waals surface area contributed by atoms with E-state index >= 15 is 0 Å². The molecule has 3 N–H and O–H groups in total. The molecule has 0 aliphatic heterocycles. The Labute approximate surface area is 131 Å². The van der Waals surface area contributed by atoms with Gasteiger partial charge in [-0.3, -0.25) is 4.79 Å². The minimum Gasteiger partial charge on any atom is -0.495 e. The average Bonchev–Trinajstić information content (AvgIpc) is 2.54. The fraction of sp³-hybridized carbons (Fsp3) is 0.278. The number of carbonyl (C=O) groups is 1. The van der Waals surface area contributed by atoms with Crippen LogP contribution in [0.5, 0.6) is 5.75 Å². The zero-order chi connectivity index (χ0) is 16.1. The van der Waals surface area contributed by atoms with Crippen molar-refractivity contribution in [1.29, 1.82) is 0 Å². The first-order valence-corrected chi connectivity index (χ1v) is 7.29. The second-order valence-electron chi connectivity index (χ2n) is 5.42. The Bertz CT molecular complexity index is 641. The molecule has 0 fully saturated rings. The summed E-state index contributed by atoms with van der Waals surface area (Å²) in [5, 5.41) is 2.91. The van der Waals surface area contributed by atoms with Gasteiger partial charge in [-0.2, -0.15) is 0 Å². The van der Waals surface area contributed by atoms with Gasteiger partial charge in [0.05, 0.1) is 18.7 Å². The summed E-state index contributed by atoms with van der Waals surface area (Å²) in [6.45, 7) is 3.80. The van der Waals surface area contributed by atoms with Crippen LogP contribution in [-0.2, 0) is 4.79 Å². The van der Waals surface area contributed by atoms with Gasteiger partial charge in [0.15, 0.2) is 0 Å². The van der Waals surface area contributed by atoms with Crippen LogP contribution in [0.3, 0.4) is 0 Å². The van der Waals surface area contributed by atoms with Gasteiger partial charge in [-0.25, -0.2) is 0 Å². The third-order valence-corrected chi connectivity index (χ3v) is 3.75. The van der Waals surface area contributed by atoms with E-state index in [0.29, 0.717) is 11.4 Å². The van der Waals surface area contributed by atoms with Crippen LogP contribution in [-0.4, -0.2) is 13.0 Å². The Hall–Kier alpha value is -2.33. The Morgan fingerprint density at radius 1 is 1.18 bits per heavy atom. The lowest BCUT2D eigenvalue weighted by Gasteiger charge is -2.20. The van der Waals surface area contributed by atoms with Crippen LogP contribution in [0.25, 0.3) is 0 Å². The zero-order valence-corrected chi connectivity index (χ0v) is 13.2. The number of benzene rings is 2. The molecule has 0 heterocycles. The number of hydrogen-bond donors (Lipinski definition) is 2. The molecule has 4 nitrogen and oxygen atoms in total. The van der Waals surface area contributed by atoms with E-state index in [9.17, 15) is 4.79 Å². The summed E-state index contributed by atoms with van der Waals surface area (Å²) in [5.41, 5.74) is 8.87. The van der Waals surface area contributed by atoms with E-state index in [0.717, 1.165) is 11.1 Å². The first kappa shape index (κ1) is 16.0. The van der Waals surface area contributed by atoms with E-state index in [1.165, 1.54) is 0 Å². The molecule has 0 bridgehead atoms. The Kier molecular flexibility index (Phi) is 5.17. The third-order valence-electron chi connectivity index (χ3n) is 3.75. The first-order chi connectivity index (χ1) is 10.5. The van der Waals surface area contributed by atoms with Crippen molar-refractivity contribution < 1.29 is 9.53 Å². The fourth-order valence-corrected chi connectivity index (χ4v) is 2.29. The second-order valence-corrected chi connectivity index (χ2v) is 5.42. The van der Waals surface area contributed by atoms with Crippen LogP contribution in [0.2, 0.25) is 0 Å². The molecule has 0 radical (unpaired) electrons. The average molecular weight is 298 g/mol. The summed E-state index contributed by atoms with van der Waals surface area (Å²) in [4.78, 5) is 12.5. The van der Waals surface area contributed by atoms with Crippen molar-refractivity contribution in [3.8, 4) is 5.75 Å². The van der Waals surface area contributed by atoms with Crippen LogP contribution in [0, 0.1) is 12.8 Å². The number of hydrogen-bond acceptors (Lipinski definition) is 3. The lowest BCUT2D eigenvalue weighted by atomic mass is 9.94. The summed E-state index contributed by atoms with van der Waals surface area (Å²) in [6.07, 6.45) is 0. The maximum Gasteiger partial charge on any atom is 0.229 e. The van der Waals surface area contributed by atoms with Gasteiger partial charge in [-0.1, -0.05) is 43.3 Å². The van der Waals surface area contributed by atoms with E-state index in [4.69, 9.17) is 10.5 Å². The number of methoxy groups -OCH3 is 1. The number of ether oxygens (including phenoxy) is 1. The zero-order valence-electron chi connectivity index (χ0n) is 13.2. The van der Waals surface area contributed by atoms with Gasteiger partial charge < -0.3 is 15.8 Å². The Morgan fingerprint density at radius 3 is 2.50 bits per heavy atom. The maximum absolute atomic E-state index is 12.5. The van der Waals surface area contributed by atoms with Crippen LogP contribution < -0.4 is 15.8 Å². The number of carbonyl (C=O) groups excluding carboxylic acids is 1. The molecule has 0 aliphatic rings. The molecule has 0 saturated carbocycles. The Balaban J connectivity index is 2.13. The second kappa shape index (κ2) is 7.09. The largest absolute Gasteiger partial charge is 0.495 e. The number of amides is 1. The molecule has 0 aromatic heterocycles. The lowest BCUT2D eigenvalue weighted by Crippen LogP contribution is -2.30. The standard InChI is InChI=1S/C18H22N2O2/c1-12-9-10-16(22-3)15(11-12)20-18(21)13(2)17(19)14-7-5-4-6-8-14/h4-11,13,17H,19H2,1-3H3,(H,20,21). The van der Waals surface area contributed by atoms with Gasteiger partial charge >= 0.3 is 0 Å². The van der Waals surface area contributed by atoms with Gasteiger partial charge in [0.25, 0.3) is 0 Å². The minimum absolute atomic E-state index is 0.125. The highest BCUT2D eigenvalue weighted by Gasteiger charge is 2.23. The molecular weight excluding hydrogens is 276 g/mol. The summed E-state index contributed by atoms with van der Waals surface area (Å²) < 4.78 is 5.28. The van der Waals surface area contributed by atoms with Gasteiger partial charge in [-0.15, -0.1) is 0 Å². The lowest BCUT2D eigenvalue weighted by molar-refractivity contribution is -0.120. The molecule has 2 aromatic carbocycles. The highest BCUT2D eigenvalue weighted by atomic mass is 16.5. The third kappa shape index (κ3) is 3.65. The smallest absolute Gasteiger partial charge is 0.229 e. The quantitative estimate of drug-likeness (QED) is 0.890. The fourth-order valence-electron chi connectivity index (χ4n) is 2.29. The van der Waals surface area contributed by atoms with Crippen LogP contribution >= 0.6 is 0 Å².